The monoisotopic (exact) mass is 370 g/mol. The number of benzene rings is 1. The third-order valence-corrected chi connectivity index (χ3v) is 6.80. The first kappa shape index (κ1) is 20.5. The predicted molar refractivity (Wildman–Crippen MR) is 113 cm³/mol. The smallest absolute Gasteiger partial charge is 0.202 e. The highest BCUT2D eigenvalue weighted by atomic mass is 16.7. The largest absolute Gasteiger partial charge is 0.465 e. The molecule has 0 aliphatic heterocycles. The highest BCUT2D eigenvalue weighted by Gasteiger charge is 2.40. The first-order chi connectivity index (χ1) is 13.1. The lowest BCUT2D eigenvalue weighted by molar-refractivity contribution is -0.144. The molecule has 2 fully saturated rings. The Morgan fingerprint density at radius 2 is 1.74 bits per heavy atom. The highest BCUT2D eigenvalue weighted by Crippen LogP contribution is 2.46. The van der Waals surface area contributed by atoms with Gasteiger partial charge in [0.1, 0.15) is 5.75 Å². The molecule has 5 unspecified atom stereocenters. The molecule has 1 aromatic rings. The normalized spacial score (nSPS) is 27.6. The molecule has 2 heteroatoms. The summed E-state index contributed by atoms with van der Waals surface area (Å²) in [6, 6.07) is 8.60. The predicted octanol–water partition coefficient (Wildman–Crippen LogP) is 6.96. The average Bonchev–Trinajstić information content (AvgIpc) is 2.69. The molecule has 2 nitrogen and oxygen atoms in total. The Bertz CT molecular complexity index is 574. The van der Waals surface area contributed by atoms with Crippen molar-refractivity contribution >= 4 is 0 Å². The van der Waals surface area contributed by atoms with Crippen LogP contribution < -0.4 is 4.74 Å². The van der Waals surface area contributed by atoms with E-state index in [9.17, 15) is 0 Å². The lowest BCUT2D eigenvalue weighted by Gasteiger charge is -2.44. The van der Waals surface area contributed by atoms with E-state index < -0.39 is 0 Å². The van der Waals surface area contributed by atoms with Crippen LogP contribution in [0.5, 0.6) is 5.75 Å². The second kappa shape index (κ2) is 9.78. The van der Waals surface area contributed by atoms with Crippen LogP contribution in [0.15, 0.2) is 36.9 Å². The fourth-order valence-electron chi connectivity index (χ4n) is 5.43. The number of rotatable bonds is 8. The minimum absolute atomic E-state index is 0.105. The second-order valence-corrected chi connectivity index (χ2v) is 8.82. The van der Waals surface area contributed by atoms with Crippen molar-refractivity contribution in [3.05, 3.63) is 42.5 Å². The van der Waals surface area contributed by atoms with Crippen LogP contribution in [0.25, 0.3) is 0 Å². The molecule has 2 aliphatic rings. The molecule has 0 bridgehead atoms. The Morgan fingerprint density at radius 3 is 2.41 bits per heavy atom. The number of hydrogen-bond acceptors (Lipinski definition) is 2. The van der Waals surface area contributed by atoms with Gasteiger partial charge in [0.25, 0.3) is 0 Å². The lowest BCUT2D eigenvalue weighted by Crippen LogP contribution is -2.41. The molecule has 0 N–H and O–H groups in total. The summed E-state index contributed by atoms with van der Waals surface area (Å²) in [6.45, 7) is 11.3. The quantitative estimate of drug-likeness (QED) is 0.364. The van der Waals surface area contributed by atoms with Crippen LogP contribution in [-0.2, 0) is 4.74 Å². The highest BCUT2D eigenvalue weighted by molar-refractivity contribution is 5.31. The van der Waals surface area contributed by atoms with E-state index in [-0.39, 0.29) is 6.29 Å². The van der Waals surface area contributed by atoms with Crippen molar-refractivity contribution < 1.29 is 9.47 Å². The lowest BCUT2D eigenvalue weighted by atomic mass is 9.65. The molecule has 0 heterocycles. The molecule has 3 rings (SSSR count). The zero-order chi connectivity index (χ0) is 19.2. The van der Waals surface area contributed by atoms with E-state index in [4.69, 9.17) is 9.47 Å². The molecule has 2 saturated carbocycles. The van der Waals surface area contributed by atoms with Gasteiger partial charge in [-0.2, -0.15) is 0 Å². The first-order valence-electron chi connectivity index (χ1n) is 11.1. The van der Waals surface area contributed by atoms with E-state index >= 15 is 0 Å². The van der Waals surface area contributed by atoms with Gasteiger partial charge in [-0.25, -0.2) is 0 Å². The van der Waals surface area contributed by atoms with Gasteiger partial charge < -0.3 is 9.47 Å². The van der Waals surface area contributed by atoms with Crippen LogP contribution in [0.1, 0.15) is 77.2 Å². The molecule has 0 aromatic heterocycles. The zero-order valence-corrected chi connectivity index (χ0v) is 17.5. The Hall–Kier alpha value is -1.28. The molecule has 1 aromatic carbocycles. The van der Waals surface area contributed by atoms with Crippen molar-refractivity contribution in [2.45, 2.75) is 77.9 Å². The summed E-state index contributed by atoms with van der Waals surface area (Å²) < 4.78 is 12.6. The van der Waals surface area contributed by atoms with Crippen molar-refractivity contribution in [2.24, 2.45) is 23.7 Å². The van der Waals surface area contributed by atoms with E-state index in [0.29, 0.717) is 24.4 Å². The maximum Gasteiger partial charge on any atom is 0.202 e. The van der Waals surface area contributed by atoms with E-state index in [0.717, 1.165) is 17.6 Å². The Balaban J connectivity index is 1.71. The number of fused-ring (bicyclic) bond motifs is 1. The van der Waals surface area contributed by atoms with Crippen molar-refractivity contribution in [1.29, 1.82) is 0 Å². The van der Waals surface area contributed by atoms with Gasteiger partial charge in [0.05, 0.1) is 0 Å². The number of ether oxygens (including phenoxy) is 2. The first-order valence-corrected chi connectivity index (χ1v) is 11.1. The second-order valence-electron chi connectivity index (χ2n) is 8.82. The molecule has 0 saturated heterocycles. The molecule has 2 aliphatic carbocycles. The van der Waals surface area contributed by atoms with E-state index in [1.165, 1.54) is 50.5 Å². The van der Waals surface area contributed by atoms with Crippen LogP contribution >= 0.6 is 0 Å². The van der Waals surface area contributed by atoms with E-state index in [2.05, 4.69) is 57.7 Å². The van der Waals surface area contributed by atoms with E-state index in [1.807, 2.05) is 0 Å². The van der Waals surface area contributed by atoms with Gasteiger partial charge in [-0.05, 0) is 55.2 Å². The standard InChI is InChI=1S/C25H38O2/c1-5-22(18(3)4)20-14-16-21(17-15-20)27-25(26-6-2)24-13-9-11-19-10-7-8-12-23(19)24/h5,14-19,22-25H,1,6-13H2,2-4H3. The van der Waals surface area contributed by atoms with Crippen molar-refractivity contribution in [1.82, 2.24) is 0 Å². The minimum Gasteiger partial charge on any atom is -0.465 e. The topological polar surface area (TPSA) is 18.5 Å². The van der Waals surface area contributed by atoms with Crippen molar-refractivity contribution in [3.63, 3.8) is 0 Å². The van der Waals surface area contributed by atoms with Gasteiger partial charge in [-0.1, -0.05) is 64.2 Å². The maximum atomic E-state index is 6.42. The molecular formula is C25H38O2. The summed E-state index contributed by atoms with van der Waals surface area (Å²) in [5.74, 6) is 4.10. The Labute approximate surface area is 166 Å². The third kappa shape index (κ3) is 4.96. The molecule has 0 amide bonds. The fourth-order valence-corrected chi connectivity index (χ4v) is 5.43. The Morgan fingerprint density at radius 1 is 1.04 bits per heavy atom. The van der Waals surface area contributed by atoms with Crippen LogP contribution in [0.2, 0.25) is 0 Å². The molecule has 150 valence electrons. The van der Waals surface area contributed by atoms with Crippen LogP contribution in [-0.4, -0.2) is 12.9 Å². The average molecular weight is 371 g/mol. The molecule has 5 atom stereocenters. The zero-order valence-electron chi connectivity index (χ0n) is 17.5. The van der Waals surface area contributed by atoms with Gasteiger partial charge in [0.15, 0.2) is 0 Å². The van der Waals surface area contributed by atoms with Crippen LogP contribution in [0.4, 0.5) is 0 Å². The molecule has 27 heavy (non-hydrogen) atoms. The number of allylic oxidation sites excluding steroid dienone is 1. The summed E-state index contributed by atoms with van der Waals surface area (Å²) in [5.41, 5.74) is 1.31. The molecule has 0 spiro atoms. The SMILES string of the molecule is C=CC(c1ccc(OC(OCC)C2CCCC3CCCCC32)cc1)C(C)C. The number of hydrogen-bond donors (Lipinski definition) is 0. The summed E-state index contributed by atoms with van der Waals surface area (Å²) in [7, 11) is 0. The third-order valence-electron chi connectivity index (χ3n) is 6.80. The van der Waals surface area contributed by atoms with Gasteiger partial charge in [0.2, 0.25) is 6.29 Å². The Kier molecular flexibility index (Phi) is 7.41. The van der Waals surface area contributed by atoms with Gasteiger partial charge in [-0.15, -0.1) is 6.58 Å². The van der Waals surface area contributed by atoms with Crippen LogP contribution in [0, 0.1) is 23.7 Å². The molecule has 0 radical (unpaired) electrons. The van der Waals surface area contributed by atoms with Crippen LogP contribution in [0.3, 0.4) is 0 Å². The van der Waals surface area contributed by atoms with E-state index in [1.54, 1.807) is 0 Å². The summed E-state index contributed by atoms with van der Waals surface area (Å²) in [4.78, 5) is 0. The maximum absolute atomic E-state index is 6.42. The fraction of sp³-hybridized carbons (Fsp3) is 0.680. The van der Waals surface area contributed by atoms with Crippen molar-refractivity contribution in [2.75, 3.05) is 6.61 Å². The van der Waals surface area contributed by atoms with Crippen molar-refractivity contribution in [3.8, 4) is 5.75 Å². The molecular weight excluding hydrogens is 332 g/mol. The summed E-state index contributed by atoms with van der Waals surface area (Å²) >= 11 is 0. The minimum atomic E-state index is -0.105. The summed E-state index contributed by atoms with van der Waals surface area (Å²) in [6.07, 6.45) is 11.5. The summed E-state index contributed by atoms with van der Waals surface area (Å²) in [5, 5.41) is 0. The van der Waals surface area contributed by atoms with Gasteiger partial charge in [0, 0.05) is 18.4 Å². The van der Waals surface area contributed by atoms with Gasteiger partial charge >= 0.3 is 0 Å². The van der Waals surface area contributed by atoms with Gasteiger partial charge in [-0.3, -0.25) is 0 Å².